The Balaban J connectivity index is 1.87. The third-order valence-corrected chi connectivity index (χ3v) is 5.21. The second-order valence-corrected chi connectivity index (χ2v) is 7.70. The van der Waals surface area contributed by atoms with Crippen molar-refractivity contribution in [2.24, 2.45) is 0 Å². The van der Waals surface area contributed by atoms with Crippen LogP contribution in [0.5, 0.6) is 17.2 Å². The van der Waals surface area contributed by atoms with Gasteiger partial charge >= 0.3 is 5.69 Å². The molecule has 0 amide bonds. The second-order valence-electron chi connectivity index (χ2n) is 6.54. The molecule has 3 rings (SSSR count). The van der Waals surface area contributed by atoms with Crippen molar-refractivity contribution >= 4 is 45.3 Å². The molecule has 0 atom stereocenters. The Morgan fingerprint density at radius 3 is 2.21 bits per heavy atom. The summed E-state index contributed by atoms with van der Waals surface area (Å²) in [6, 6.07) is 12.6. The highest BCUT2D eigenvalue weighted by molar-refractivity contribution is 14.1. The predicted molar refractivity (Wildman–Crippen MR) is 126 cm³/mol. The van der Waals surface area contributed by atoms with Crippen LogP contribution in [0.15, 0.2) is 54.6 Å². The number of ether oxygens (including phenoxy) is 2. The fraction of sp³-hybridized carbons (Fsp3) is 0.100. The summed E-state index contributed by atoms with van der Waals surface area (Å²) >= 11 is 1.98. The van der Waals surface area contributed by atoms with Crippen molar-refractivity contribution in [1.29, 1.82) is 0 Å². The van der Waals surface area contributed by atoms with E-state index in [0.29, 0.717) is 15.8 Å². The molecule has 33 heavy (non-hydrogen) atoms. The van der Waals surface area contributed by atoms with E-state index in [1.165, 1.54) is 19.2 Å². The number of nitrogens with one attached hydrogen (secondary N) is 1. The molecular formula is C20H15IN4O8. The lowest BCUT2D eigenvalue weighted by Crippen LogP contribution is -2.03. The number of rotatable bonds is 9. The van der Waals surface area contributed by atoms with Gasteiger partial charge < -0.3 is 14.8 Å². The maximum Gasteiger partial charge on any atom is 0.318 e. The number of halogens is 1. The van der Waals surface area contributed by atoms with Crippen molar-refractivity contribution in [3.05, 3.63) is 94.1 Å². The molecule has 0 aliphatic carbocycles. The zero-order chi connectivity index (χ0) is 24.1. The van der Waals surface area contributed by atoms with Crippen LogP contribution < -0.4 is 14.8 Å². The summed E-state index contributed by atoms with van der Waals surface area (Å²) in [7, 11) is 1.40. The summed E-state index contributed by atoms with van der Waals surface area (Å²) in [5.41, 5.74) is 0.283. The highest BCUT2D eigenvalue weighted by Gasteiger charge is 2.23. The number of nitrogens with zero attached hydrogens (tertiary/aromatic N) is 3. The molecule has 0 unspecified atom stereocenters. The number of nitro benzene ring substituents is 3. The van der Waals surface area contributed by atoms with E-state index in [1.54, 1.807) is 24.3 Å². The number of anilines is 1. The minimum atomic E-state index is -0.765. The van der Waals surface area contributed by atoms with Gasteiger partial charge in [-0.3, -0.25) is 30.3 Å². The van der Waals surface area contributed by atoms with E-state index in [9.17, 15) is 30.3 Å². The third-order valence-electron chi connectivity index (χ3n) is 4.40. The molecule has 0 spiro atoms. The lowest BCUT2D eigenvalue weighted by Gasteiger charge is -2.15. The highest BCUT2D eigenvalue weighted by atomic mass is 127. The van der Waals surface area contributed by atoms with Crippen molar-refractivity contribution in [2.45, 2.75) is 6.54 Å². The van der Waals surface area contributed by atoms with Crippen LogP contribution >= 0.6 is 22.6 Å². The first-order valence-electron chi connectivity index (χ1n) is 9.15. The normalized spacial score (nSPS) is 10.4. The average molecular weight is 566 g/mol. The average Bonchev–Trinajstić information content (AvgIpc) is 2.79. The molecule has 0 fully saturated rings. The fourth-order valence-corrected chi connectivity index (χ4v) is 3.64. The molecule has 170 valence electrons. The van der Waals surface area contributed by atoms with Crippen LogP contribution in [0, 0.1) is 33.9 Å². The Morgan fingerprint density at radius 2 is 1.58 bits per heavy atom. The fourth-order valence-electron chi connectivity index (χ4n) is 2.87. The van der Waals surface area contributed by atoms with Gasteiger partial charge in [0, 0.05) is 30.4 Å². The van der Waals surface area contributed by atoms with Crippen molar-refractivity contribution < 1.29 is 24.2 Å². The van der Waals surface area contributed by atoms with Crippen molar-refractivity contribution in [3.63, 3.8) is 0 Å². The van der Waals surface area contributed by atoms with E-state index in [2.05, 4.69) is 5.32 Å². The summed E-state index contributed by atoms with van der Waals surface area (Å²) in [5.74, 6) is 0.309. The van der Waals surface area contributed by atoms with Gasteiger partial charge in [-0.05, 0) is 52.4 Å². The maximum absolute atomic E-state index is 11.4. The monoisotopic (exact) mass is 566 g/mol. The first-order chi connectivity index (χ1) is 15.7. The van der Waals surface area contributed by atoms with Gasteiger partial charge in [-0.1, -0.05) is 6.07 Å². The number of methoxy groups -OCH3 is 1. The molecule has 13 heteroatoms. The van der Waals surface area contributed by atoms with Gasteiger partial charge in [-0.2, -0.15) is 0 Å². The van der Waals surface area contributed by atoms with Gasteiger partial charge in [0.15, 0.2) is 11.5 Å². The topological polar surface area (TPSA) is 160 Å². The summed E-state index contributed by atoms with van der Waals surface area (Å²) < 4.78 is 11.7. The second kappa shape index (κ2) is 10.1. The van der Waals surface area contributed by atoms with Gasteiger partial charge in [0.25, 0.3) is 11.4 Å². The van der Waals surface area contributed by atoms with Crippen molar-refractivity contribution in [1.82, 2.24) is 0 Å². The van der Waals surface area contributed by atoms with Crippen LogP contribution in [0.2, 0.25) is 0 Å². The minimum Gasteiger partial charge on any atom is -0.493 e. The van der Waals surface area contributed by atoms with Gasteiger partial charge in [0.2, 0.25) is 5.75 Å². The third kappa shape index (κ3) is 5.62. The zero-order valence-corrected chi connectivity index (χ0v) is 19.0. The van der Waals surface area contributed by atoms with E-state index in [-0.39, 0.29) is 22.9 Å². The van der Waals surface area contributed by atoms with E-state index in [4.69, 9.17) is 9.47 Å². The van der Waals surface area contributed by atoms with Crippen LogP contribution in [-0.2, 0) is 6.54 Å². The minimum absolute atomic E-state index is 0.0411. The number of non-ortho nitro benzene ring substituents is 2. The molecule has 0 radical (unpaired) electrons. The van der Waals surface area contributed by atoms with Crippen LogP contribution in [0.25, 0.3) is 0 Å². The predicted octanol–water partition coefficient (Wildman–Crippen LogP) is 5.43. The van der Waals surface area contributed by atoms with Gasteiger partial charge in [-0.25, -0.2) is 0 Å². The van der Waals surface area contributed by atoms with E-state index in [1.807, 2.05) is 22.6 Å². The standard InChI is InChI=1S/C20H15IN4O8/c1-32-19-8-12(11-22-13-3-2-4-14(9-13)23(26)27)7-16(21)20(19)33-18-6-5-15(24(28)29)10-17(18)25(30)31/h2-10,22H,11H2,1H3. The first kappa shape index (κ1) is 23.6. The molecule has 12 nitrogen and oxygen atoms in total. The summed E-state index contributed by atoms with van der Waals surface area (Å²) in [4.78, 5) is 31.3. The van der Waals surface area contributed by atoms with Crippen LogP contribution in [0.3, 0.4) is 0 Å². The van der Waals surface area contributed by atoms with E-state index < -0.39 is 26.1 Å². The number of nitro groups is 3. The maximum atomic E-state index is 11.4. The Morgan fingerprint density at radius 1 is 0.879 bits per heavy atom. The Bertz CT molecular complexity index is 1250. The van der Waals surface area contributed by atoms with Crippen LogP contribution in [0.1, 0.15) is 5.56 Å². The highest BCUT2D eigenvalue weighted by Crippen LogP contribution is 2.41. The van der Waals surface area contributed by atoms with Gasteiger partial charge in [0.1, 0.15) is 0 Å². The molecule has 3 aromatic rings. The lowest BCUT2D eigenvalue weighted by molar-refractivity contribution is -0.394. The number of benzene rings is 3. The Hall–Kier alpha value is -4.01. The molecule has 0 aliphatic rings. The smallest absolute Gasteiger partial charge is 0.318 e. The number of hydrogen-bond donors (Lipinski definition) is 1. The van der Waals surface area contributed by atoms with E-state index in [0.717, 1.165) is 23.8 Å². The summed E-state index contributed by atoms with van der Waals surface area (Å²) in [6.07, 6.45) is 0. The van der Waals surface area contributed by atoms with Crippen LogP contribution in [-0.4, -0.2) is 21.9 Å². The van der Waals surface area contributed by atoms with Gasteiger partial charge in [-0.15, -0.1) is 0 Å². The Kier molecular flexibility index (Phi) is 7.22. The van der Waals surface area contributed by atoms with Crippen LogP contribution in [0.4, 0.5) is 22.7 Å². The summed E-state index contributed by atoms with van der Waals surface area (Å²) in [6.45, 7) is 0.311. The molecule has 0 heterocycles. The molecule has 3 aromatic carbocycles. The largest absolute Gasteiger partial charge is 0.493 e. The quantitative estimate of drug-likeness (QED) is 0.202. The van der Waals surface area contributed by atoms with Crippen molar-refractivity contribution in [3.8, 4) is 17.2 Å². The zero-order valence-electron chi connectivity index (χ0n) is 16.9. The molecule has 0 bridgehead atoms. The van der Waals surface area contributed by atoms with Gasteiger partial charge in [0.05, 0.1) is 31.5 Å². The molecule has 0 aliphatic heterocycles. The molecule has 0 saturated carbocycles. The first-order valence-corrected chi connectivity index (χ1v) is 10.2. The molecule has 0 aromatic heterocycles. The summed E-state index contributed by atoms with van der Waals surface area (Å²) in [5, 5.41) is 36.3. The lowest BCUT2D eigenvalue weighted by atomic mass is 10.2. The molecule has 0 saturated heterocycles. The Labute approximate surface area is 199 Å². The molecule has 1 N–H and O–H groups in total. The molecular weight excluding hydrogens is 551 g/mol. The number of hydrogen-bond acceptors (Lipinski definition) is 9. The SMILES string of the molecule is COc1cc(CNc2cccc([N+](=O)[O-])c2)cc(I)c1Oc1ccc([N+](=O)[O-])cc1[N+](=O)[O-]. The van der Waals surface area contributed by atoms with E-state index >= 15 is 0 Å². The van der Waals surface area contributed by atoms with Crippen molar-refractivity contribution in [2.75, 3.05) is 12.4 Å².